The van der Waals surface area contributed by atoms with Crippen LogP contribution in [0.4, 0.5) is 18.9 Å². The number of ether oxygens (including phenoxy) is 3. The van der Waals surface area contributed by atoms with Crippen molar-refractivity contribution in [1.82, 2.24) is 4.98 Å². The van der Waals surface area contributed by atoms with Crippen molar-refractivity contribution in [3.05, 3.63) is 65.7 Å². The molecule has 0 aliphatic heterocycles. The Morgan fingerprint density at radius 1 is 0.912 bits per heavy atom. The number of fused-ring (bicyclic) bond motifs is 1. The number of benzene rings is 3. The van der Waals surface area contributed by atoms with Crippen molar-refractivity contribution in [1.29, 1.82) is 0 Å². The van der Waals surface area contributed by atoms with Gasteiger partial charge in [-0.1, -0.05) is 0 Å². The van der Waals surface area contributed by atoms with Crippen molar-refractivity contribution >= 4 is 33.1 Å². The van der Waals surface area contributed by atoms with Gasteiger partial charge in [0.05, 0.1) is 48.4 Å². The standard InChI is InChI=1S/C24H19F3N2O4S/c1-31-14-5-7-16(17(11-14)24(25,26)27)22(30)28-18-8-4-13(10-20(18)33-3)23-29-19-9-6-15(32-2)12-21(19)34-23/h4-12H,1-3H3,(H,28,30). The van der Waals surface area contributed by atoms with Crippen molar-refractivity contribution in [2.24, 2.45) is 0 Å². The predicted octanol–water partition coefficient (Wildman–Crippen LogP) is 6.26. The lowest BCUT2D eigenvalue weighted by atomic mass is 10.1. The Labute approximate surface area is 196 Å². The summed E-state index contributed by atoms with van der Waals surface area (Å²) in [6.07, 6.45) is -4.73. The van der Waals surface area contributed by atoms with Gasteiger partial charge < -0.3 is 19.5 Å². The average Bonchev–Trinajstić information content (AvgIpc) is 3.26. The van der Waals surface area contributed by atoms with E-state index in [2.05, 4.69) is 10.3 Å². The highest BCUT2D eigenvalue weighted by Gasteiger charge is 2.36. The maximum Gasteiger partial charge on any atom is 0.417 e. The number of hydrogen-bond acceptors (Lipinski definition) is 6. The number of carbonyl (C=O) groups is 1. The molecular formula is C24H19F3N2O4S. The molecule has 1 aromatic heterocycles. The minimum atomic E-state index is -4.73. The van der Waals surface area contributed by atoms with E-state index in [1.165, 1.54) is 31.6 Å². The molecule has 0 saturated carbocycles. The number of methoxy groups -OCH3 is 3. The molecule has 0 fully saturated rings. The van der Waals surface area contributed by atoms with E-state index < -0.39 is 23.2 Å². The number of hydrogen-bond donors (Lipinski definition) is 1. The molecule has 0 unspecified atom stereocenters. The number of anilines is 1. The third-order valence-corrected chi connectivity index (χ3v) is 6.14. The van der Waals surface area contributed by atoms with Gasteiger partial charge >= 0.3 is 6.18 Å². The lowest BCUT2D eigenvalue weighted by Crippen LogP contribution is -2.19. The van der Waals surface area contributed by atoms with Crippen LogP contribution in [0.15, 0.2) is 54.6 Å². The van der Waals surface area contributed by atoms with Gasteiger partial charge in [-0.3, -0.25) is 4.79 Å². The Balaban J connectivity index is 1.65. The highest BCUT2D eigenvalue weighted by atomic mass is 32.1. The number of thiazole rings is 1. The zero-order valence-electron chi connectivity index (χ0n) is 18.3. The summed E-state index contributed by atoms with van der Waals surface area (Å²) in [5.41, 5.74) is 0.138. The summed E-state index contributed by atoms with van der Waals surface area (Å²) in [6.45, 7) is 0. The number of rotatable bonds is 6. The van der Waals surface area contributed by atoms with E-state index in [-0.39, 0.29) is 17.2 Å². The van der Waals surface area contributed by atoms with Crippen molar-refractivity contribution in [2.75, 3.05) is 26.6 Å². The van der Waals surface area contributed by atoms with Crippen LogP contribution < -0.4 is 19.5 Å². The van der Waals surface area contributed by atoms with Gasteiger partial charge in [0.1, 0.15) is 22.3 Å². The van der Waals surface area contributed by atoms with E-state index in [1.807, 2.05) is 18.2 Å². The highest BCUT2D eigenvalue weighted by Crippen LogP contribution is 2.38. The number of amides is 1. The van der Waals surface area contributed by atoms with Gasteiger partial charge in [0, 0.05) is 5.56 Å². The summed E-state index contributed by atoms with van der Waals surface area (Å²) in [5.74, 6) is 0.0761. The number of carbonyl (C=O) groups excluding carboxylic acids is 1. The predicted molar refractivity (Wildman–Crippen MR) is 124 cm³/mol. The Kier molecular flexibility index (Phi) is 6.34. The molecule has 34 heavy (non-hydrogen) atoms. The molecule has 1 heterocycles. The second-order valence-corrected chi connectivity index (χ2v) is 8.16. The van der Waals surface area contributed by atoms with Gasteiger partial charge in [-0.15, -0.1) is 11.3 Å². The second-order valence-electron chi connectivity index (χ2n) is 7.13. The number of nitrogens with one attached hydrogen (secondary N) is 1. The topological polar surface area (TPSA) is 69.7 Å². The van der Waals surface area contributed by atoms with Crippen molar-refractivity contribution in [3.8, 4) is 27.8 Å². The zero-order valence-corrected chi connectivity index (χ0v) is 19.1. The highest BCUT2D eigenvalue weighted by molar-refractivity contribution is 7.21. The third kappa shape index (κ3) is 4.62. The summed E-state index contributed by atoms with van der Waals surface area (Å²) >= 11 is 1.45. The fourth-order valence-corrected chi connectivity index (χ4v) is 4.35. The Bertz CT molecular complexity index is 1370. The van der Waals surface area contributed by atoms with Crippen LogP contribution in [0.1, 0.15) is 15.9 Å². The van der Waals surface area contributed by atoms with E-state index in [4.69, 9.17) is 14.2 Å². The number of halogens is 3. The molecule has 10 heteroatoms. The molecule has 0 aliphatic carbocycles. The average molecular weight is 488 g/mol. The van der Waals surface area contributed by atoms with Crippen molar-refractivity contribution < 1.29 is 32.2 Å². The first kappa shape index (κ1) is 23.4. The minimum Gasteiger partial charge on any atom is -0.497 e. The Morgan fingerprint density at radius 3 is 2.29 bits per heavy atom. The Hall–Kier alpha value is -3.79. The van der Waals surface area contributed by atoms with E-state index in [1.54, 1.807) is 25.3 Å². The third-order valence-electron chi connectivity index (χ3n) is 5.07. The lowest BCUT2D eigenvalue weighted by molar-refractivity contribution is -0.138. The van der Waals surface area contributed by atoms with Gasteiger partial charge in [-0.25, -0.2) is 4.98 Å². The van der Waals surface area contributed by atoms with Crippen LogP contribution in [0.25, 0.3) is 20.8 Å². The lowest BCUT2D eigenvalue weighted by Gasteiger charge is -2.15. The molecule has 4 rings (SSSR count). The smallest absolute Gasteiger partial charge is 0.417 e. The first-order valence-electron chi connectivity index (χ1n) is 9.93. The fraction of sp³-hybridized carbons (Fsp3) is 0.167. The first-order valence-corrected chi connectivity index (χ1v) is 10.7. The molecular weight excluding hydrogens is 469 g/mol. The van der Waals surface area contributed by atoms with Gasteiger partial charge in [-0.2, -0.15) is 13.2 Å². The van der Waals surface area contributed by atoms with Gasteiger partial charge in [0.2, 0.25) is 0 Å². The van der Waals surface area contributed by atoms with Gasteiger partial charge in [0.15, 0.2) is 0 Å². The van der Waals surface area contributed by atoms with E-state index >= 15 is 0 Å². The van der Waals surface area contributed by atoms with Crippen LogP contribution in [0.2, 0.25) is 0 Å². The molecule has 0 spiro atoms. The molecule has 1 amide bonds. The minimum absolute atomic E-state index is 0.000682. The van der Waals surface area contributed by atoms with E-state index in [0.717, 1.165) is 33.7 Å². The monoisotopic (exact) mass is 488 g/mol. The number of aromatic nitrogens is 1. The molecule has 3 aromatic carbocycles. The molecule has 176 valence electrons. The summed E-state index contributed by atoms with van der Waals surface area (Å²) < 4.78 is 57.0. The molecule has 1 N–H and O–H groups in total. The number of alkyl halides is 3. The maximum absolute atomic E-state index is 13.5. The summed E-state index contributed by atoms with van der Waals surface area (Å²) in [6, 6.07) is 13.7. The van der Waals surface area contributed by atoms with Gasteiger partial charge in [-0.05, 0) is 54.6 Å². The van der Waals surface area contributed by atoms with Crippen LogP contribution in [-0.4, -0.2) is 32.2 Å². The second kappa shape index (κ2) is 9.22. The first-order chi connectivity index (χ1) is 16.2. The number of nitrogens with zero attached hydrogens (tertiary/aromatic N) is 1. The summed E-state index contributed by atoms with van der Waals surface area (Å²) in [4.78, 5) is 17.4. The van der Waals surface area contributed by atoms with Crippen LogP contribution in [0, 0.1) is 0 Å². The zero-order chi connectivity index (χ0) is 24.5. The maximum atomic E-state index is 13.5. The SMILES string of the molecule is COc1ccc(C(=O)Nc2ccc(-c3nc4ccc(OC)cc4s3)cc2OC)c(C(F)(F)F)c1. The largest absolute Gasteiger partial charge is 0.497 e. The molecule has 0 radical (unpaired) electrons. The normalized spacial score (nSPS) is 11.4. The summed E-state index contributed by atoms with van der Waals surface area (Å²) in [5, 5.41) is 3.23. The van der Waals surface area contributed by atoms with Crippen LogP contribution in [0.5, 0.6) is 17.2 Å². The molecule has 0 saturated heterocycles. The van der Waals surface area contributed by atoms with E-state index in [0.29, 0.717) is 5.01 Å². The van der Waals surface area contributed by atoms with E-state index in [9.17, 15) is 18.0 Å². The molecule has 0 aliphatic rings. The molecule has 4 aromatic rings. The molecule has 0 atom stereocenters. The quantitative estimate of drug-likeness (QED) is 0.347. The van der Waals surface area contributed by atoms with Crippen molar-refractivity contribution in [2.45, 2.75) is 6.18 Å². The molecule has 0 bridgehead atoms. The van der Waals surface area contributed by atoms with Gasteiger partial charge in [0.25, 0.3) is 5.91 Å². The summed E-state index contributed by atoms with van der Waals surface area (Å²) in [7, 11) is 4.25. The fourth-order valence-electron chi connectivity index (χ4n) is 3.36. The molecule has 6 nitrogen and oxygen atoms in total. The van der Waals surface area contributed by atoms with Crippen LogP contribution >= 0.6 is 11.3 Å². The van der Waals surface area contributed by atoms with Crippen molar-refractivity contribution in [3.63, 3.8) is 0 Å². The Morgan fingerprint density at radius 2 is 1.62 bits per heavy atom. The van der Waals surface area contributed by atoms with Crippen LogP contribution in [-0.2, 0) is 6.18 Å². The van der Waals surface area contributed by atoms with Crippen LogP contribution in [0.3, 0.4) is 0 Å².